The van der Waals surface area contributed by atoms with Gasteiger partial charge in [-0.25, -0.2) is 8.42 Å². The second-order valence-corrected chi connectivity index (χ2v) is 7.79. The molecule has 0 radical (unpaired) electrons. The van der Waals surface area contributed by atoms with Crippen LogP contribution in [0.25, 0.3) is 0 Å². The maximum Gasteiger partial charge on any atom is 0.173 e. The van der Waals surface area contributed by atoms with Crippen LogP contribution in [0, 0.1) is 0 Å². The van der Waals surface area contributed by atoms with E-state index in [9.17, 15) is 8.42 Å². The van der Waals surface area contributed by atoms with Crippen LogP contribution in [0.2, 0.25) is 0 Å². The summed E-state index contributed by atoms with van der Waals surface area (Å²) >= 11 is 0. The van der Waals surface area contributed by atoms with Crippen molar-refractivity contribution in [3.63, 3.8) is 0 Å². The molecule has 5 heteroatoms. The van der Waals surface area contributed by atoms with Crippen molar-refractivity contribution in [2.45, 2.75) is 31.8 Å². The molecule has 1 aromatic carbocycles. The van der Waals surface area contributed by atoms with Crippen molar-refractivity contribution in [1.29, 1.82) is 0 Å². The number of piperidine rings is 1. The highest BCUT2D eigenvalue weighted by Gasteiger charge is 2.20. The Morgan fingerprint density at radius 3 is 2.43 bits per heavy atom. The fourth-order valence-electron chi connectivity index (χ4n) is 2.93. The monoisotopic (exact) mass is 306 g/mol. The fourth-order valence-corrected chi connectivity index (χ4v) is 4.20. The molecule has 1 N–H and O–H groups in total. The van der Waals surface area contributed by atoms with Crippen LogP contribution in [0.5, 0.6) is 0 Å². The third-order valence-corrected chi connectivity index (χ3v) is 5.55. The molecule has 2 heterocycles. The van der Waals surface area contributed by atoms with Gasteiger partial charge in [0.15, 0.2) is 9.84 Å². The van der Waals surface area contributed by atoms with Gasteiger partial charge in [-0.3, -0.25) is 0 Å². The van der Waals surface area contributed by atoms with E-state index in [1.807, 2.05) is 0 Å². The normalized spacial score (nSPS) is 24.4. The van der Waals surface area contributed by atoms with Crippen LogP contribution >= 0.6 is 0 Å². The maximum absolute atomic E-state index is 11.3. The zero-order chi connectivity index (χ0) is 14.7. The van der Waals surface area contributed by atoms with Crippen LogP contribution in [-0.2, 0) is 16.4 Å². The number of hydrogen-bond donors (Lipinski definition) is 1. The molecule has 1 saturated heterocycles. The molecule has 0 aromatic heterocycles. The molecular weight excluding hydrogens is 284 g/mol. The molecule has 0 aliphatic carbocycles. The molecule has 2 aliphatic heterocycles. The fraction of sp³-hybridized carbons (Fsp3) is 0.500. The van der Waals surface area contributed by atoms with E-state index in [1.165, 1.54) is 35.9 Å². The average Bonchev–Trinajstić information content (AvgIpc) is 2.86. The van der Waals surface area contributed by atoms with Crippen molar-refractivity contribution in [3.05, 3.63) is 41.3 Å². The zero-order valence-electron chi connectivity index (χ0n) is 12.2. The first kappa shape index (κ1) is 14.6. The zero-order valence-corrected chi connectivity index (χ0v) is 13.0. The minimum atomic E-state index is -2.97. The smallest absolute Gasteiger partial charge is 0.173 e. The van der Waals surface area contributed by atoms with Crippen molar-refractivity contribution in [2.24, 2.45) is 0 Å². The predicted molar refractivity (Wildman–Crippen MR) is 86.1 cm³/mol. The Bertz CT molecular complexity index is 602. The lowest BCUT2D eigenvalue weighted by Crippen LogP contribution is -2.30. The third-order valence-electron chi connectivity index (χ3n) is 4.16. The van der Waals surface area contributed by atoms with Gasteiger partial charge in [-0.15, -0.1) is 0 Å². The second-order valence-electron chi connectivity index (χ2n) is 5.86. The molecule has 1 unspecified atom stereocenters. The van der Waals surface area contributed by atoms with E-state index >= 15 is 0 Å². The first-order chi connectivity index (χ1) is 10.1. The van der Waals surface area contributed by atoms with Gasteiger partial charge >= 0.3 is 0 Å². The van der Waals surface area contributed by atoms with Gasteiger partial charge in [-0.1, -0.05) is 18.2 Å². The van der Waals surface area contributed by atoms with Crippen LogP contribution in [0.1, 0.15) is 24.8 Å². The van der Waals surface area contributed by atoms with Crippen molar-refractivity contribution in [3.8, 4) is 0 Å². The number of sulfone groups is 1. The molecule has 3 rings (SSSR count). The van der Waals surface area contributed by atoms with E-state index in [2.05, 4.69) is 34.5 Å². The summed E-state index contributed by atoms with van der Waals surface area (Å²) in [4.78, 5) is 2.44. The summed E-state index contributed by atoms with van der Waals surface area (Å²) in [6.45, 7) is 3.01. The minimum absolute atomic E-state index is 0.0585. The van der Waals surface area contributed by atoms with Gasteiger partial charge in [0.1, 0.15) is 0 Å². The van der Waals surface area contributed by atoms with E-state index in [-0.39, 0.29) is 11.8 Å². The Hall–Kier alpha value is -1.33. The highest BCUT2D eigenvalue weighted by atomic mass is 32.2. The average molecular weight is 306 g/mol. The lowest BCUT2D eigenvalue weighted by atomic mass is 10.1. The van der Waals surface area contributed by atoms with Crippen LogP contribution in [0.3, 0.4) is 0 Å². The summed E-state index contributed by atoms with van der Waals surface area (Å²) in [5.74, 6) is 0.179. The highest BCUT2D eigenvalue weighted by molar-refractivity contribution is 7.94. The molecule has 114 valence electrons. The summed E-state index contributed by atoms with van der Waals surface area (Å²) in [5, 5.41) is 4.58. The van der Waals surface area contributed by atoms with Gasteiger partial charge < -0.3 is 10.2 Å². The number of nitrogens with zero attached hydrogens (tertiary/aromatic N) is 1. The van der Waals surface area contributed by atoms with Crippen molar-refractivity contribution < 1.29 is 8.42 Å². The van der Waals surface area contributed by atoms with Gasteiger partial charge in [-0.05, 0) is 37.0 Å². The van der Waals surface area contributed by atoms with Gasteiger partial charge in [0.2, 0.25) is 0 Å². The lowest BCUT2D eigenvalue weighted by Gasteiger charge is -2.28. The standard InChI is InChI=1S/C16H22N2O2S/c19-21(20)11-8-15(13-21)17-12-14-4-6-16(7-5-14)18-9-2-1-3-10-18/h4-8,11,15,17H,1-3,9-10,12-13H2. The number of hydrogen-bond acceptors (Lipinski definition) is 4. The summed E-state index contributed by atoms with van der Waals surface area (Å²) in [7, 11) is -2.97. The molecule has 0 spiro atoms. The van der Waals surface area contributed by atoms with Gasteiger partial charge in [0, 0.05) is 36.8 Å². The quantitative estimate of drug-likeness (QED) is 0.925. The molecule has 1 atom stereocenters. The molecular formula is C16H22N2O2S. The van der Waals surface area contributed by atoms with Crippen molar-refractivity contribution in [1.82, 2.24) is 5.32 Å². The van der Waals surface area contributed by atoms with Crippen LogP contribution in [-0.4, -0.2) is 33.3 Å². The SMILES string of the molecule is O=S1(=O)C=CC(NCc2ccc(N3CCCCC3)cc2)C1. The van der Waals surface area contributed by atoms with Crippen LogP contribution < -0.4 is 10.2 Å². The number of anilines is 1. The second kappa shape index (κ2) is 6.20. The topological polar surface area (TPSA) is 49.4 Å². The summed E-state index contributed by atoms with van der Waals surface area (Å²) in [5.41, 5.74) is 2.48. The molecule has 0 bridgehead atoms. The van der Waals surface area contributed by atoms with Gasteiger partial charge in [-0.2, -0.15) is 0 Å². The Balaban J connectivity index is 1.54. The van der Waals surface area contributed by atoms with Gasteiger partial charge in [0.25, 0.3) is 0 Å². The number of nitrogens with one attached hydrogen (secondary N) is 1. The number of benzene rings is 1. The molecule has 2 aliphatic rings. The first-order valence-corrected chi connectivity index (χ1v) is 9.32. The van der Waals surface area contributed by atoms with E-state index in [1.54, 1.807) is 6.08 Å². The molecule has 4 nitrogen and oxygen atoms in total. The largest absolute Gasteiger partial charge is 0.372 e. The maximum atomic E-state index is 11.3. The Labute approximate surface area is 126 Å². The first-order valence-electron chi connectivity index (χ1n) is 7.61. The summed E-state index contributed by atoms with van der Waals surface area (Å²) < 4.78 is 22.7. The highest BCUT2D eigenvalue weighted by Crippen LogP contribution is 2.20. The van der Waals surface area contributed by atoms with Crippen LogP contribution in [0.15, 0.2) is 35.7 Å². The van der Waals surface area contributed by atoms with E-state index in [0.29, 0.717) is 6.54 Å². The Morgan fingerprint density at radius 1 is 1.10 bits per heavy atom. The van der Waals surface area contributed by atoms with Crippen molar-refractivity contribution in [2.75, 3.05) is 23.7 Å². The third kappa shape index (κ3) is 3.86. The molecule has 1 aromatic rings. The summed E-state index contributed by atoms with van der Waals surface area (Å²) in [6, 6.07) is 8.54. The van der Waals surface area contributed by atoms with Gasteiger partial charge in [0.05, 0.1) is 5.75 Å². The Morgan fingerprint density at radius 2 is 1.81 bits per heavy atom. The number of rotatable bonds is 4. The molecule has 0 saturated carbocycles. The van der Waals surface area contributed by atoms with E-state index in [0.717, 1.165) is 13.1 Å². The predicted octanol–water partition coefficient (Wildman–Crippen LogP) is 2.08. The molecule has 1 fully saturated rings. The molecule has 0 amide bonds. The lowest BCUT2D eigenvalue weighted by molar-refractivity contribution is 0.577. The van der Waals surface area contributed by atoms with Crippen LogP contribution in [0.4, 0.5) is 5.69 Å². The summed E-state index contributed by atoms with van der Waals surface area (Å²) in [6.07, 6.45) is 5.64. The Kier molecular flexibility index (Phi) is 4.31. The van der Waals surface area contributed by atoms with Crippen molar-refractivity contribution >= 4 is 15.5 Å². The molecule has 21 heavy (non-hydrogen) atoms. The minimum Gasteiger partial charge on any atom is -0.372 e. The van der Waals surface area contributed by atoms with E-state index < -0.39 is 9.84 Å². The van der Waals surface area contributed by atoms with E-state index in [4.69, 9.17) is 0 Å².